The molecule has 0 aliphatic carbocycles. The monoisotopic (exact) mass is 282 g/mol. The van der Waals surface area contributed by atoms with Crippen LogP contribution in [0.2, 0.25) is 0 Å². The van der Waals surface area contributed by atoms with E-state index in [4.69, 9.17) is 5.26 Å². The zero-order valence-corrected chi connectivity index (χ0v) is 11.6. The summed E-state index contributed by atoms with van der Waals surface area (Å²) < 4.78 is 13.4. The number of rotatable bonds is 4. The fraction of sp³-hybridized carbons (Fsp3) is 0.176. The molecule has 2 aromatic carbocycles. The maximum absolute atomic E-state index is 13.4. The van der Waals surface area contributed by atoms with Gasteiger partial charge in [0, 0.05) is 5.69 Å². The summed E-state index contributed by atoms with van der Waals surface area (Å²) in [6.45, 7) is 1.65. The van der Waals surface area contributed by atoms with Gasteiger partial charge in [0.15, 0.2) is 0 Å². The van der Waals surface area contributed by atoms with Crippen LogP contribution in [0.5, 0.6) is 0 Å². The third-order valence-corrected chi connectivity index (χ3v) is 3.19. The molecule has 0 bridgehead atoms. The van der Waals surface area contributed by atoms with Crippen molar-refractivity contribution in [1.29, 1.82) is 5.26 Å². The summed E-state index contributed by atoms with van der Waals surface area (Å²) in [5, 5.41) is 11.7. The number of nitrogens with zero attached hydrogens (tertiary/aromatic N) is 1. The molecule has 3 nitrogen and oxygen atoms in total. The molecular formula is C17H15FN2O. The molecule has 1 amide bonds. The van der Waals surface area contributed by atoms with E-state index in [0.29, 0.717) is 17.7 Å². The number of anilines is 1. The van der Waals surface area contributed by atoms with Crippen LogP contribution in [0.3, 0.4) is 0 Å². The molecule has 0 aliphatic heterocycles. The Labute approximate surface area is 123 Å². The van der Waals surface area contributed by atoms with Crippen LogP contribution in [0.25, 0.3) is 0 Å². The smallest absolute Gasteiger partial charge is 0.242 e. The van der Waals surface area contributed by atoms with Crippen molar-refractivity contribution in [1.82, 2.24) is 0 Å². The Kier molecular flexibility index (Phi) is 4.68. The maximum atomic E-state index is 13.4. The predicted molar refractivity (Wildman–Crippen MR) is 79.0 cm³/mol. The number of carbonyl (C=O) groups excluding carboxylic acids is 1. The van der Waals surface area contributed by atoms with Crippen LogP contribution < -0.4 is 5.32 Å². The van der Waals surface area contributed by atoms with Crippen molar-refractivity contribution in [2.75, 3.05) is 5.32 Å². The van der Waals surface area contributed by atoms with Crippen LogP contribution in [0.4, 0.5) is 10.1 Å². The van der Waals surface area contributed by atoms with Crippen LogP contribution in [-0.4, -0.2) is 5.91 Å². The molecule has 2 rings (SSSR count). The van der Waals surface area contributed by atoms with Crippen molar-refractivity contribution in [2.45, 2.75) is 13.3 Å². The number of nitriles is 1. The number of hydrogen-bond donors (Lipinski definition) is 1. The van der Waals surface area contributed by atoms with Gasteiger partial charge in [0.1, 0.15) is 11.7 Å². The molecule has 0 aliphatic rings. The van der Waals surface area contributed by atoms with Gasteiger partial charge in [0.25, 0.3) is 0 Å². The number of aryl methyl sites for hydroxylation is 1. The third-order valence-electron chi connectivity index (χ3n) is 3.19. The Hall–Kier alpha value is -2.67. The number of amides is 1. The molecule has 0 spiro atoms. The summed E-state index contributed by atoms with van der Waals surface area (Å²) in [4.78, 5) is 12.1. The highest BCUT2D eigenvalue weighted by Gasteiger charge is 2.18. The zero-order chi connectivity index (χ0) is 15.2. The molecule has 0 fully saturated rings. The second-order valence-electron chi connectivity index (χ2n) is 4.82. The molecule has 1 unspecified atom stereocenters. The summed E-state index contributed by atoms with van der Waals surface area (Å²) in [7, 11) is 0. The Bertz CT molecular complexity index is 677. The molecule has 0 saturated heterocycles. The average molecular weight is 282 g/mol. The van der Waals surface area contributed by atoms with Gasteiger partial charge >= 0.3 is 0 Å². The van der Waals surface area contributed by atoms with E-state index >= 15 is 0 Å². The normalized spacial score (nSPS) is 11.5. The average Bonchev–Trinajstić information content (AvgIpc) is 2.49. The predicted octanol–water partition coefficient (Wildman–Crippen LogP) is 3.46. The minimum atomic E-state index is -0.809. The van der Waals surface area contributed by atoms with E-state index in [9.17, 15) is 9.18 Å². The summed E-state index contributed by atoms with van der Waals surface area (Å²) in [5.74, 6) is -1.62. The van der Waals surface area contributed by atoms with Gasteiger partial charge in [-0.3, -0.25) is 4.79 Å². The highest BCUT2D eigenvalue weighted by atomic mass is 19.1. The van der Waals surface area contributed by atoms with Crippen molar-refractivity contribution in [3.8, 4) is 6.07 Å². The standard InChI is InChI=1S/C17H15FN2O/c1-12-7-8-15(10-16(12)18)20-17(21)14(11-19)9-13-5-3-2-4-6-13/h2-8,10,14H,9H2,1H3,(H,20,21). The van der Waals surface area contributed by atoms with Crippen LogP contribution in [0.1, 0.15) is 11.1 Å². The van der Waals surface area contributed by atoms with E-state index in [1.54, 1.807) is 19.1 Å². The lowest BCUT2D eigenvalue weighted by atomic mass is 10.00. The lowest BCUT2D eigenvalue weighted by molar-refractivity contribution is -0.118. The van der Waals surface area contributed by atoms with E-state index in [2.05, 4.69) is 5.32 Å². The first-order valence-corrected chi connectivity index (χ1v) is 6.60. The number of nitrogens with one attached hydrogen (secondary N) is 1. The first-order chi connectivity index (χ1) is 10.1. The van der Waals surface area contributed by atoms with Gasteiger partial charge in [-0.1, -0.05) is 36.4 Å². The lowest BCUT2D eigenvalue weighted by Gasteiger charge is -2.11. The highest BCUT2D eigenvalue weighted by molar-refractivity contribution is 5.94. The van der Waals surface area contributed by atoms with Gasteiger partial charge in [-0.15, -0.1) is 0 Å². The highest BCUT2D eigenvalue weighted by Crippen LogP contribution is 2.16. The molecule has 0 heterocycles. The molecule has 0 aromatic heterocycles. The largest absolute Gasteiger partial charge is 0.325 e. The Morgan fingerprint density at radius 2 is 2.00 bits per heavy atom. The summed E-state index contributed by atoms with van der Waals surface area (Å²) in [5.41, 5.74) is 1.78. The van der Waals surface area contributed by atoms with Crippen LogP contribution in [0, 0.1) is 30.0 Å². The quantitative estimate of drug-likeness (QED) is 0.933. The Balaban J connectivity index is 2.07. The van der Waals surface area contributed by atoms with Crippen molar-refractivity contribution < 1.29 is 9.18 Å². The second-order valence-corrected chi connectivity index (χ2v) is 4.82. The summed E-state index contributed by atoms with van der Waals surface area (Å²) in [6, 6.07) is 15.8. The first-order valence-electron chi connectivity index (χ1n) is 6.60. The minimum Gasteiger partial charge on any atom is -0.325 e. The Morgan fingerprint density at radius 1 is 1.29 bits per heavy atom. The van der Waals surface area contributed by atoms with Crippen molar-refractivity contribution in [3.63, 3.8) is 0 Å². The molecule has 0 saturated carbocycles. The number of benzene rings is 2. The molecule has 1 N–H and O–H groups in total. The zero-order valence-electron chi connectivity index (χ0n) is 11.6. The Morgan fingerprint density at radius 3 is 2.62 bits per heavy atom. The number of hydrogen-bond acceptors (Lipinski definition) is 2. The minimum absolute atomic E-state index is 0.331. The maximum Gasteiger partial charge on any atom is 0.242 e. The molecule has 106 valence electrons. The molecule has 21 heavy (non-hydrogen) atoms. The van der Waals surface area contributed by atoms with Gasteiger partial charge in [-0.05, 0) is 36.6 Å². The summed E-state index contributed by atoms with van der Waals surface area (Å²) in [6.07, 6.45) is 0.331. The van der Waals surface area contributed by atoms with Gasteiger partial charge < -0.3 is 5.32 Å². The van der Waals surface area contributed by atoms with E-state index < -0.39 is 11.8 Å². The fourth-order valence-corrected chi connectivity index (χ4v) is 1.95. The van der Waals surface area contributed by atoms with E-state index in [-0.39, 0.29) is 5.82 Å². The second kappa shape index (κ2) is 6.67. The SMILES string of the molecule is Cc1ccc(NC(=O)C(C#N)Cc2ccccc2)cc1F. The first kappa shape index (κ1) is 14.7. The number of carbonyl (C=O) groups is 1. The van der Waals surface area contributed by atoms with E-state index in [1.807, 2.05) is 36.4 Å². The van der Waals surface area contributed by atoms with E-state index in [1.165, 1.54) is 6.07 Å². The van der Waals surface area contributed by atoms with Gasteiger partial charge in [0.05, 0.1) is 6.07 Å². The van der Waals surface area contributed by atoms with Crippen LogP contribution in [0.15, 0.2) is 48.5 Å². The van der Waals surface area contributed by atoms with Gasteiger partial charge in [-0.25, -0.2) is 4.39 Å². The van der Waals surface area contributed by atoms with E-state index in [0.717, 1.165) is 5.56 Å². The molecule has 0 radical (unpaired) electrons. The van der Waals surface area contributed by atoms with Gasteiger partial charge in [-0.2, -0.15) is 5.26 Å². The third kappa shape index (κ3) is 3.90. The van der Waals surface area contributed by atoms with Crippen molar-refractivity contribution >= 4 is 11.6 Å². The van der Waals surface area contributed by atoms with Crippen molar-refractivity contribution in [2.24, 2.45) is 5.92 Å². The fourth-order valence-electron chi connectivity index (χ4n) is 1.95. The van der Waals surface area contributed by atoms with Crippen LogP contribution in [-0.2, 0) is 11.2 Å². The molecule has 4 heteroatoms. The topological polar surface area (TPSA) is 52.9 Å². The van der Waals surface area contributed by atoms with Gasteiger partial charge in [0.2, 0.25) is 5.91 Å². The lowest BCUT2D eigenvalue weighted by Crippen LogP contribution is -2.23. The molecule has 2 aromatic rings. The summed E-state index contributed by atoms with van der Waals surface area (Å²) >= 11 is 0. The van der Waals surface area contributed by atoms with Crippen molar-refractivity contribution in [3.05, 3.63) is 65.5 Å². The number of halogens is 1. The molecule has 1 atom stereocenters. The van der Waals surface area contributed by atoms with Crippen LogP contribution >= 0.6 is 0 Å². The molecular weight excluding hydrogens is 267 g/mol.